The maximum atomic E-state index is 12.8. The summed E-state index contributed by atoms with van der Waals surface area (Å²) in [5.41, 5.74) is 1.97. The highest BCUT2D eigenvalue weighted by Crippen LogP contribution is 2.22. The van der Waals surface area contributed by atoms with Gasteiger partial charge in [0.25, 0.3) is 0 Å². The molecule has 0 radical (unpaired) electrons. The highest BCUT2D eigenvalue weighted by molar-refractivity contribution is 6.30. The molecule has 156 valence electrons. The van der Waals surface area contributed by atoms with Crippen LogP contribution in [0.2, 0.25) is 5.02 Å². The lowest BCUT2D eigenvalue weighted by molar-refractivity contribution is -0.127. The lowest BCUT2D eigenvalue weighted by atomic mass is 9.96. The second kappa shape index (κ2) is 9.41. The summed E-state index contributed by atoms with van der Waals surface area (Å²) in [6, 6.07) is 17.4. The Labute approximate surface area is 181 Å². The van der Waals surface area contributed by atoms with Gasteiger partial charge in [0, 0.05) is 17.1 Å². The van der Waals surface area contributed by atoms with Crippen LogP contribution in [0, 0.1) is 5.92 Å². The maximum Gasteiger partial charge on any atom is 0.241 e. The molecule has 1 aromatic heterocycles. The second-order valence-electron chi connectivity index (χ2n) is 7.73. The van der Waals surface area contributed by atoms with Gasteiger partial charge in [-0.25, -0.2) is 0 Å². The van der Waals surface area contributed by atoms with Crippen molar-refractivity contribution in [3.05, 3.63) is 71.1 Å². The SMILES string of the molecule is CC(NC(=O)C1CCCN(Cc2nc(-c3ccc(Cl)cc3)no2)C1)c1ccccc1. The van der Waals surface area contributed by atoms with Gasteiger partial charge in [-0.15, -0.1) is 0 Å². The van der Waals surface area contributed by atoms with Crippen LogP contribution < -0.4 is 5.32 Å². The Morgan fingerprint density at radius 3 is 2.77 bits per heavy atom. The van der Waals surface area contributed by atoms with Gasteiger partial charge >= 0.3 is 0 Å². The van der Waals surface area contributed by atoms with E-state index in [1.54, 1.807) is 12.1 Å². The number of nitrogens with zero attached hydrogens (tertiary/aromatic N) is 3. The van der Waals surface area contributed by atoms with Gasteiger partial charge in [0.15, 0.2) is 0 Å². The van der Waals surface area contributed by atoms with Crippen LogP contribution in [-0.2, 0) is 11.3 Å². The van der Waals surface area contributed by atoms with E-state index >= 15 is 0 Å². The van der Waals surface area contributed by atoms with Crippen molar-refractivity contribution in [3.8, 4) is 11.4 Å². The topological polar surface area (TPSA) is 71.3 Å². The van der Waals surface area contributed by atoms with E-state index in [1.807, 2.05) is 49.4 Å². The molecule has 2 heterocycles. The highest BCUT2D eigenvalue weighted by Gasteiger charge is 2.27. The third-order valence-corrected chi connectivity index (χ3v) is 5.72. The lowest BCUT2D eigenvalue weighted by Gasteiger charge is -2.31. The quantitative estimate of drug-likeness (QED) is 0.631. The predicted octanol–water partition coefficient (Wildman–Crippen LogP) is 4.48. The van der Waals surface area contributed by atoms with Gasteiger partial charge in [0.05, 0.1) is 18.5 Å². The first-order valence-electron chi connectivity index (χ1n) is 10.2. The largest absolute Gasteiger partial charge is 0.349 e. The first-order valence-corrected chi connectivity index (χ1v) is 10.6. The molecule has 1 amide bonds. The molecular weight excluding hydrogens is 400 g/mol. The van der Waals surface area contributed by atoms with E-state index in [-0.39, 0.29) is 17.9 Å². The van der Waals surface area contributed by atoms with Crippen LogP contribution in [0.5, 0.6) is 0 Å². The van der Waals surface area contributed by atoms with Crippen LogP contribution in [0.25, 0.3) is 11.4 Å². The molecular formula is C23H25ClN4O2. The van der Waals surface area contributed by atoms with Gasteiger partial charge < -0.3 is 9.84 Å². The molecule has 1 aliphatic rings. The molecule has 2 atom stereocenters. The summed E-state index contributed by atoms with van der Waals surface area (Å²) >= 11 is 5.93. The Morgan fingerprint density at radius 2 is 2.00 bits per heavy atom. The minimum atomic E-state index is -0.0384. The number of rotatable bonds is 6. The van der Waals surface area contributed by atoms with Gasteiger partial charge in [-0.2, -0.15) is 4.98 Å². The average molecular weight is 425 g/mol. The van der Waals surface area contributed by atoms with E-state index < -0.39 is 0 Å². The van der Waals surface area contributed by atoms with Crippen LogP contribution in [0.15, 0.2) is 59.1 Å². The van der Waals surface area contributed by atoms with E-state index in [9.17, 15) is 4.79 Å². The van der Waals surface area contributed by atoms with Gasteiger partial charge in [0.1, 0.15) is 0 Å². The van der Waals surface area contributed by atoms with Crippen molar-refractivity contribution in [2.24, 2.45) is 5.92 Å². The lowest BCUT2D eigenvalue weighted by Crippen LogP contribution is -2.43. The third-order valence-electron chi connectivity index (χ3n) is 5.46. The van der Waals surface area contributed by atoms with Crippen molar-refractivity contribution in [1.82, 2.24) is 20.4 Å². The van der Waals surface area contributed by atoms with Gasteiger partial charge in [-0.05, 0) is 56.1 Å². The zero-order valence-electron chi connectivity index (χ0n) is 16.9. The molecule has 0 saturated carbocycles. The predicted molar refractivity (Wildman–Crippen MR) is 116 cm³/mol. The van der Waals surface area contributed by atoms with Gasteiger partial charge in [0.2, 0.25) is 17.6 Å². The fourth-order valence-corrected chi connectivity index (χ4v) is 3.92. The zero-order chi connectivity index (χ0) is 20.9. The number of likely N-dealkylation sites (tertiary alicyclic amines) is 1. The van der Waals surface area contributed by atoms with E-state index in [2.05, 4.69) is 20.4 Å². The number of nitrogens with one attached hydrogen (secondary N) is 1. The fraction of sp³-hybridized carbons (Fsp3) is 0.348. The van der Waals surface area contributed by atoms with Crippen molar-refractivity contribution >= 4 is 17.5 Å². The molecule has 30 heavy (non-hydrogen) atoms. The summed E-state index contributed by atoms with van der Waals surface area (Å²) in [5, 5.41) is 7.89. The van der Waals surface area contributed by atoms with Crippen molar-refractivity contribution in [2.45, 2.75) is 32.4 Å². The molecule has 1 saturated heterocycles. The summed E-state index contributed by atoms with van der Waals surface area (Å²) in [7, 11) is 0. The second-order valence-corrected chi connectivity index (χ2v) is 8.17. The number of piperidine rings is 1. The number of aromatic nitrogens is 2. The number of carbonyl (C=O) groups is 1. The molecule has 3 aromatic rings. The molecule has 0 spiro atoms. The Kier molecular flexibility index (Phi) is 6.45. The first kappa shape index (κ1) is 20.6. The molecule has 4 rings (SSSR count). The number of hydrogen-bond acceptors (Lipinski definition) is 5. The molecule has 0 aliphatic carbocycles. The molecule has 1 N–H and O–H groups in total. The Morgan fingerprint density at radius 1 is 1.23 bits per heavy atom. The highest BCUT2D eigenvalue weighted by atomic mass is 35.5. The summed E-state index contributed by atoms with van der Waals surface area (Å²) in [6.45, 7) is 4.16. The smallest absolute Gasteiger partial charge is 0.241 e. The average Bonchev–Trinajstić information content (AvgIpc) is 3.23. The monoisotopic (exact) mass is 424 g/mol. The van der Waals surface area contributed by atoms with Crippen LogP contribution in [-0.4, -0.2) is 34.0 Å². The maximum absolute atomic E-state index is 12.8. The molecule has 1 aliphatic heterocycles. The molecule has 1 fully saturated rings. The Hall–Kier alpha value is -2.70. The van der Waals surface area contributed by atoms with Crippen molar-refractivity contribution in [3.63, 3.8) is 0 Å². The minimum absolute atomic E-state index is 0.00745. The number of halogens is 1. The van der Waals surface area contributed by atoms with Crippen LogP contribution in [0.1, 0.15) is 37.3 Å². The summed E-state index contributed by atoms with van der Waals surface area (Å²) in [5.74, 6) is 1.16. The normalized spacial score (nSPS) is 18.1. The summed E-state index contributed by atoms with van der Waals surface area (Å²) < 4.78 is 5.43. The Balaban J connectivity index is 1.34. The number of amides is 1. The number of hydrogen-bond donors (Lipinski definition) is 1. The van der Waals surface area contributed by atoms with E-state index in [4.69, 9.17) is 16.1 Å². The molecule has 6 nitrogen and oxygen atoms in total. The van der Waals surface area contributed by atoms with Crippen LogP contribution in [0.4, 0.5) is 0 Å². The van der Waals surface area contributed by atoms with Crippen LogP contribution >= 0.6 is 11.6 Å². The van der Waals surface area contributed by atoms with Crippen molar-refractivity contribution in [2.75, 3.05) is 13.1 Å². The van der Waals surface area contributed by atoms with E-state index in [0.717, 1.165) is 30.5 Å². The number of carbonyl (C=O) groups excluding carboxylic acids is 1. The first-order chi connectivity index (χ1) is 14.6. The molecule has 2 aromatic carbocycles. The molecule has 7 heteroatoms. The summed E-state index contributed by atoms with van der Waals surface area (Å²) in [4.78, 5) is 19.5. The van der Waals surface area contributed by atoms with Crippen LogP contribution in [0.3, 0.4) is 0 Å². The van der Waals surface area contributed by atoms with Crippen molar-refractivity contribution < 1.29 is 9.32 Å². The van der Waals surface area contributed by atoms with E-state index in [1.165, 1.54) is 0 Å². The number of benzene rings is 2. The molecule has 2 unspecified atom stereocenters. The zero-order valence-corrected chi connectivity index (χ0v) is 17.7. The van der Waals surface area contributed by atoms with Crippen molar-refractivity contribution in [1.29, 1.82) is 0 Å². The van der Waals surface area contributed by atoms with Gasteiger partial charge in [-0.1, -0.05) is 47.1 Å². The summed E-state index contributed by atoms with van der Waals surface area (Å²) in [6.07, 6.45) is 1.86. The molecule has 0 bridgehead atoms. The standard InChI is InChI=1S/C23H25ClN4O2/c1-16(17-6-3-2-4-7-17)25-23(29)19-8-5-13-28(14-19)15-21-26-22(27-30-21)18-9-11-20(24)12-10-18/h2-4,6-7,9-12,16,19H,5,8,13-15H2,1H3,(H,25,29). The minimum Gasteiger partial charge on any atom is -0.349 e. The van der Waals surface area contributed by atoms with E-state index in [0.29, 0.717) is 29.8 Å². The van der Waals surface area contributed by atoms with Gasteiger partial charge in [-0.3, -0.25) is 9.69 Å². The fourth-order valence-electron chi connectivity index (χ4n) is 3.80. The third kappa shape index (κ3) is 5.07. The Bertz CT molecular complexity index is 974.